The van der Waals surface area contributed by atoms with Crippen molar-refractivity contribution >= 4 is 7.12 Å². The minimum atomic E-state index is -1.60. The molecule has 1 aliphatic rings. The maximum atomic E-state index is 9.27. The van der Waals surface area contributed by atoms with Gasteiger partial charge in [0.25, 0.3) is 0 Å². The Hall–Kier alpha value is -0.835. The average Bonchev–Trinajstić information content (AvgIpc) is 1.94. The van der Waals surface area contributed by atoms with Gasteiger partial charge in [-0.2, -0.15) is 0 Å². The number of rotatable bonds is 1. The van der Waals surface area contributed by atoms with E-state index in [0.717, 1.165) is 0 Å². The summed E-state index contributed by atoms with van der Waals surface area (Å²) < 4.78 is 0. The summed E-state index contributed by atoms with van der Waals surface area (Å²) in [6, 6.07) is 0. The van der Waals surface area contributed by atoms with Crippen LogP contribution >= 0.6 is 0 Å². The molecule has 4 heteroatoms. The Morgan fingerprint density at radius 3 is 2.55 bits per heavy atom. The maximum Gasteiger partial charge on any atom is 0.487 e. The van der Waals surface area contributed by atoms with E-state index in [0.29, 0.717) is 5.57 Å². The molecule has 3 N–H and O–H groups in total. The first kappa shape index (κ1) is 8.26. The second-order valence-corrected chi connectivity index (χ2v) is 2.38. The molecule has 0 heterocycles. The Morgan fingerprint density at radius 2 is 2.09 bits per heavy atom. The highest BCUT2D eigenvalue weighted by atomic mass is 16.4. The number of hydrogen-bond acceptors (Lipinski definition) is 3. The van der Waals surface area contributed by atoms with Crippen LogP contribution in [0.25, 0.3) is 0 Å². The van der Waals surface area contributed by atoms with Crippen LogP contribution in [0.15, 0.2) is 35.9 Å². The molecule has 0 aromatic carbocycles. The van der Waals surface area contributed by atoms with Crippen molar-refractivity contribution in [3.8, 4) is 0 Å². The van der Waals surface area contributed by atoms with E-state index in [9.17, 15) is 5.11 Å². The van der Waals surface area contributed by atoms with E-state index in [2.05, 4.69) is 6.58 Å². The lowest BCUT2D eigenvalue weighted by Gasteiger charge is -2.17. The Labute approximate surface area is 65.1 Å². The molecular formula is C7H9BO3. The van der Waals surface area contributed by atoms with Crippen molar-refractivity contribution in [1.29, 1.82) is 0 Å². The maximum absolute atomic E-state index is 9.27. The van der Waals surface area contributed by atoms with Crippen LogP contribution in [0.4, 0.5) is 0 Å². The number of hydrogen-bond donors (Lipinski definition) is 3. The van der Waals surface area contributed by atoms with Gasteiger partial charge in [-0.15, -0.1) is 0 Å². The first-order valence-corrected chi connectivity index (χ1v) is 3.24. The van der Waals surface area contributed by atoms with Crippen molar-refractivity contribution < 1.29 is 15.2 Å². The summed E-state index contributed by atoms with van der Waals surface area (Å²) in [7, 11) is -1.60. The summed E-state index contributed by atoms with van der Waals surface area (Å²) in [6.45, 7) is 3.53. The third-order valence-corrected chi connectivity index (χ3v) is 1.56. The fraction of sp³-hybridized carbons (Fsp3) is 0.143. The van der Waals surface area contributed by atoms with Crippen LogP contribution in [0.3, 0.4) is 0 Å². The lowest BCUT2D eigenvalue weighted by molar-refractivity contribution is 0.249. The molecule has 0 spiro atoms. The summed E-state index contributed by atoms with van der Waals surface area (Å²) in [4.78, 5) is 0. The predicted octanol–water partition coefficient (Wildman–Crippen LogP) is -0.588. The van der Waals surface area contributed by atoms with Gasteiger partial charge in [0, 0.05) is 0 Å². The zero-order valence-corrected chi connectivity index (χ0v) is 5.94. The van der Waals surface area contributed by atoms with Gasteiger partial charge in [0.15, 0.2) is 0 Å². The van der Waals surface area contributed by atoms with Crippen molar-refractivity contribution in [1.82, 2.24) is 0 Å². The molecule has 3 nitrogen and oxygen atoms in total. The van der Waals surface area contributed by atoms with Crippen molar-refractivity contribution in [3.63, 3.8) is 0 Å². The van der Waals surface area contributed by atoms with Crippen molar-refractivity contribution in [2.75, 3.05) is 0 Å². The number of allylic oxidation sites excluding steroid dienone is 2. The van der Waals surface area contributed by atoms with E-state index in [1.54, 1.807) is 12.2 Å². The number of aliphatic hydroxyl groups excluding tert-OH is 1. The van der Waals surface area contributed by atoms with Crippen LogP contribution in [0, 0.1) is 0 Å². The van der Waals surface area contributed by atoms with Crippen molar-refractivity contribution in [2.45, 2.75) is 6.10 Å². The lowest BCUT2D eigenvalue weighted by Crippen LogP contribution is -2.27. The van der Waals surface area contributed by atoms with Gasteiger partial charge in [0.05, 0.1) is 6.10 Å². The molecule has 58 valence electrons. The van der Waals surface area contributed by atoms with E-state index in [4.69, 9.17) is 10.0 Å². The fourth-order valence-electron chi connectivity index (χ4n) is 0.906. The fourth-order valence-corrected chi connectivity index (χ4v) is 0.906. The third kappa shape index (κ3) is 1.60. The van der Waals surface area contributed by atoms with Gasteiger partial charge in [-0.1, -0.05) is 24.8 Å². The van der Waals surface area contributed by atoms with Gasteiger partial charge in [-0.25, -0.2) is 0 Å². The van der Waals surface area contributed by atoms with Gasteiger partial charge in [0.1, 0.15) is 0 Å². The smallest absolute Gasteiger partial charge is 0.423 e. The normalized spacial score (nSPS) is 23.4. The van der Waals surface area contributed by atoms with Crippen LogP contribution in [0.2, 0.25) is 0 Å². The predicted molar refractivity (Wildman–Crippen MR) is 42.6 cm³/mol. The van der Waals surface area contributed by atoms with E-state index in [1.807, 2.05) is 0 Å². The molecule has 0 fully saturated rings. The summed E-state index contributed by atoms with van der Waals surface area (Å²) in [6.07, 6.45) is 3.74. The van der Waals surface area contributed by atoms with Crippen LogP contribution in [0.1, 0.15) is 0 Å². The van der Waals surface area contributed by atoms with Crippen molar-refractivity contribution in [3.05, 3.63) is 35.9 Å². The summed E-state index contributed by atoms with van der Waals surface area (Å²) >= 11 is 0. The molecule has 0 aromatic rings. The Morgan fingerprint density at radius 1 is 1.45 bits per heavy atom. The molecule has 0 saturated carbocycles. The standard InChI is InChI=1S/C7H9BO3/c1-5-3-2-4-6(7(5)9)8(10)11/h2-4,7,9-11H,1H2. The molecule has 11 heavy (non-hydrogen) atoms. The first-order chi connectivity index (χ1) is 5.13. The van der Waals surface area contributed by atoms with Gasteiger partial charge < -0.3 is 15.2 Å². The van der Waals surface area contributed by atoms with Gasteiger partial charge in [-0.05, 0) is 11.0 Å². The molecule has 1 atom stereocenters. The highest BCUT2D eigenvalue weighted by Crippen LogP contribution is 2.17. The van der Waals surface area contributed by atoms with Crippen LogP contribution in [-0.2, 0) is 0 Å². The molecule has 0 aromatic heterocycles. The Kier molecular flexibility index (Phi) is 2.29. The Bertz CT molecular complexity index is 230. The summed E-state index contributed by atoms with van der Waals surface area (Å²) in [5, 5.41) is 26.7. The number of aliphatic hydroxyl groups is 1. The molecule has 0 saturated heterocycles. The van der Waals surface area contributed by atoms with Gasteiger partial charge >= 0.3 is 7.12 Å². The van der Waals surface area contributed by atoms with E-state index in [-0.39, 0.29) is 5.47 Å². The molecule has 0 radical (unpaired) electrons. The summed E-state index contributed by atoms with van der Waals surface area (Å²) in [5.74, 6) is 0. The molecular weight excluding hydrogens is 143 g/mol. The van der Waals surface area contributed by atoms with E-state index in [1.165, 1.54) is 6.08 Å². The minimum absolute atomic E-state index is 0.164. The third-order valence-electron chi connectivity index (χ3n) is 1.56. The van der Waals surface area contributed by atoms with E-state index >= 15 is 0 Å². The van der Waals surface area contributed by atoms with Crippen LogP contribution in [0.5, 0.6) is 0 Å². The zero-order chi connectivity index (χ0) is 8.43. The summed E-state index contributed by atoms with van der Waals surface area (Å²) in [5.41, 5.74) is 0.633. The molecule has 0 amide bonds. The largest absolute Gasteiger partial charge is 0.487 e. The Balaban J connectivity index is 2.87. The highest BCUT2D eigenvalue weighted by Gasteiger charge is 2.24. The van der Waals surface area contributed by atoms with Gasteiger partial charge in [0.2, 0.25) is 0 Å². The average molecular weight is 152 g/mol. The van der Waals surface area contributed by atoms with Crippen LogP contribution in [-0.4, -0.2) is 28.4 Å². The monoisotopic (exact) mass is 152 g/mol. The molecule has 1 unspecified atom stereocenters. The van der Waals surface area contributed by atoms with Crippen molar-refractivity contribution in [2.24, 2.45) is 0 Å². The quantitative estimate of drug-likeness (QED) is 0.440. The lowest BCUT2D eigenvalue weighted by atomic mass is 9.72. The topological polar surface area (TPSA) is 60.7 Å². The van der Waals surface area contributed by atoms with E-state index < -0.39 is 13.2 Å². The second kappa shape index (κ2) is 3.05. The molecule has 1 rings (SSSR count). The highest BCUT2D eigenvalue weighted by molar-refractivity contribution is 6.51. The molecule has 1 aliphatic carbocycles. The second-order valence-electron chi connectivity index (χ2n) is 2.38. The zero-order valence-electron chi connectivity index (χ0n) is 5.94. The molecule has 0 aliphatic heterocycles. The first-order valence-electron chi connectivity index (χ1n) is 3.24. The van der Waals surface area contributed by atoms with Crippen LogP contribution < -0.4 is 0 Å². The molecule has 0 bridgehead atoms. The SMILES string of the molecule is C=C1C=CC=C(B(O)O)C1O. The van der Waals surface area contributed by atoms with Gasteiger partial charge in [-0.3, -0.25) is 0 Å². The minimum Gasteiger partial charge on any atom is -0.423 e.